The molecule has 5 heteroatoms. The van der Waals surface area contributed by atoms with Crippen LogP contribution in [0.4, 0.5) is 0 Å². The van der Waals surface area contributed by atoms with Gasteiger partial charge in [0.1, 0.15) is 11.2 Å². The molecule has 0 saturated heterocycles. The molecule has 0 unspecified atom stereocenters. The molecule has 0 amide bonds. The maximum Gasteiger partial charge on any atom is 0.164 e. The second-order valence-corrected chi connectivity index (χ2v) is 15.6. The van der Waals surface area contributed by atoms with Crippen LogP contribution in [-0.2, 0) is 0 Å². The van der Waals surface area contributed by atoms with E-state index in [4.69, 9.17) is 19.4 Å². The number of fused-ring (bicyclic) bond motifs is 7. The fraction of sp³-hybridized carbons (Fsp3) is 0. The molecule has 3 heterocycles. The minimum absolute atomic E-state index is 0.609. The average Bonchev–Trinajstić information content (AvgIpc) is 3.90. The molecule has 290 valence electrons. The third-order valence-electron chi connectivity index (χ3n) is 11.9. The molecule has 62 heavy (non-hydrogen) atoms. The Bertz CT molecular complexity index is 3510. The van der Waals surface area contributed by atoms with Crippen LogP contribution in [0.3, 0.4) is 0 Å². The number of benzene rings is 9. The highest BCUT2D eigenvalue weighted by atomic mass is 16.3. The van der Waals surface area contributed by atoms with E-state index in [1.807, 2.05) is 12.1 Å². The van der Waals surface area contributed by atoms with Gasteiger partial charge >= 0.3 is 0 Å². The van der Waals surface area contributed by atoms with E-state index >= 15 is 0 Å². The Morgan fingerprint density at radius 2 is 0.774 bits per heavy atom. The Hall–Kier alpha value is -8.41. The zero-order chi connectivity index (χ0) is 41.0. The van der Waals surface area contributed by atoms with Crippen LogP contribution in [-0.4, -0.2) is 19.5 Å². The molecule has 0 aliphatic heterocycles. The summed E-state index contributed by atoms with van der Waals surface area (Å²) in [4.78, 5) is 15.3. The van der Waals surface area contributed by atoms with Gasteiger partial charge < -0.3 is 8.98 Å². The lowest BCUT2D eigenvalue weighted by molar-refractivity contribution is 0.669. The maximum atomic E-state index is 6.65. The molecule has 0 spiro atoms. The average molecular weight is 793 g/mol. The molecule has 3 aromatic heterocycles. The zero-order valence-corrected chi connectivity index (χ0v) is 33.5. The second-order valence-electron chi connectivity index (χ2n) is 15.6. The molecular weight excluding hydrogens is 757 g/mol. The van der Waals surface area contributed by atoms with E-state index in [2.05, 4.69) is 211 Å². The van der Waals surface area contributed by atoms with Gasteiger partial charge in [-0.15, -0.1) is 0 Å². The lowest BCUT2D eigenvalue weighted by Gasteiger charge is -2.11. The van der Waals surface area contributed by atoms with Gasteiger partial charge in [-0.2, -0.15) is 0 Å². The van der Waals surface area contributed by atoms with Crippen LogP contribution in [0.2, 0.25) is 0 Å². The molecule has 0 saturated carbocycles. The summed E-state index contributed by atoms with van der Waals surface area (Å²) in [5.41, 5.74) is 14.5. The van der Waals surface area contributed by atoms with Crippen molar-refractivity contribution in [2.75, 3.05) is 0 Å². The number of hydrogen-bond donors (Lipinski definition) is 0. The van der Waals surface area contributed by atoms with Crippen LogP contribution in [0.1, 0.15) is 0 Å². The molecule has 0 aliphatic carbocycles. The molecule has 12 aromatic rings. The van der Waals surface area contributed by atoms with Crippen LogP contribution in [0.5, 0.6) is 0 Å². The molecule has 0 atom stereocenters. The molecule has 9 aromatic carbocycles. The predicted octanol–water partition coefficient (Wildman–Crippen LogP) is 14.9. The summed E-state index contributed by atoms with van der Waals surface area (Å²) in [5, 5.41) is 4.63. The molecule has 0 bridgehead atoms. The van der Waals surface area contributed by atoms with Crippen LogP contribution < -0.4 is 0 Å². The van der Waals surface area contributed by atoms with Gasteiger partial charge in [0.15, 0.2) is 17.5 Å². The van der Waals surface area contributed by atoms with E-state index in [-0.39, 0.29) is 0 Å². The van der Waals surface area contributed by atoms with Crippen molar-refractivity contribution in [1.82, 2.24) is 19.5 Å². The van der Waals surface area contributed by atoms with Gasteiger partial charge in [0.05, 0.1) is 16.4 Å². The summed E-state index contributed by atoms with van der Waals surface area (Å²) in [5.74, 6) is 1.85. The van der Waals surface area contributed by atoms with Crippen LogP contribution in [0, 0.1) is 0 Å². The third-order valence-corrected chi connectivity index (χ3v) is 11.9. The molecule has 0 fully saturated rings. The van der Waals surface area contributed by atoms with E-state index in [1.165, 1.54) is 16.3 Å². The lowest BCUT2D eigenvalue weighted by atomic mass is 10.0. The van der Waals surface area contributed by atoms with Gasteiger partial charge in [0.25, 0.3) is 0 Å². The number of rotatable bonds is 7. The van der Waals surface area contributed by atoms with Crippen LogP contribution in [0.25, 0.3) is 117 Å². The van der Waals surface area contributed by atoms with E-state index in [0.29, 0.717) is 17.5 Å². The topological polar surface area (TPSA) is 56.7 Å². The smallest absolute Gasteiger partial charge is 0.164 e. The highest BCUT2D eigenvalue weighted by Crippen LogP contribution is 2.42. The summed E-state index contributed by atoms with van der Waals surface area (Å²) in [6.45, 7) is 0. The molecule has 5 nitrogen and oxygen atoms in total. The van der Waals surface area contributed by atoms with E-state index in [1.54, 1.807) is 0 Å². The standard InChI is InChI=1S/C57H36N4O/c1-4-14-37(15-5-1)41-18-12-20-44(34-41)56-58-55(59-57(60-56)45-21-13-19-42(35-45)38-16-6-2-7-17-38)40-28-26-39(27-29-40)43-30-31-49-52(36-43)62-51-33-32-48-47-24-10-11-25-50(47)61(54(48)53(49)51)46-22-8-3-9-23-46/h1-36H. The SMILES string of the molecule is c1ccc(-c2cccc(-c3nc(-c4ccc(-c5ccc6c(c5)oc5ccc7c8ccccc8n(-c8ccccc8)c7c56)cc4)nc(-c4cccc(-c5ccccc5)c4)n3)c2)cc1. The van der Waals surface area contributed by atoms with Gasteiger partial charge in [-0.25, -0.2) is 15.0 Å². The van der Waals surface area contributed by atoms with Crippen LogP contribution in [0.15, 0.2) is 223 Å². The van der Waals surface area contributed by atoms with Gasteiger partial charge in [-0.05, 0) is 88.0 Å². The minimum atomic E-state index is 0.609. The summed E-state index contributed by atoms with van der Waals surface area (Å²) < 4.78 is 9.01. The van der Waals surface area contributed by atoms with Gasteiger partial charge in [0.2, 0.25) is 0 Å². The first kappa shape index (κ1) is 35.5. The van der Waals surface area contributed by atoms with Gasteiger partial charge in [0, 0.05) is 38.5 Å². The van der Waals surface area contributed by atoms with E-state index < -0.39 is 0 Å². The fourth-order valence-electron chi connectivity index (χ4n) is 8.85. The summed E-state index contributed by atoms with van der Waals surface area (Å²) in [6.07, 6.45) is 0. The number of para-hydroxylation sites is 2. The zero-order valence-electron chi connectivity index (χ0n) is 33.5. The Kier molecular flexibility index (Phi) is 8.42. The molecular formula is C57H36N4O. The van der Waals surface area contributed by atoms with Crippen molar-refractivity contribution in [3.05, 3.63) is 218 Å². The van der Waals surface area contributed by atoms with Crippen molar-refractivity contribution in [3.8, 4) is 73.2 Å². The second kappa shape index (κ2) is 14.7. The van der Waals surface area contributed by atoms with Crippen molar-refractivity contribution in [3.63, 3.8) is 0 Å². The highest BCUT2D eigenvalue weighted by molar-refractivity contribution is 6.24. The largest absolute Gasteiger partial charge is 0.456 e. The monoisotopic (exact) mass is 792 g/mol. The molecule has 12 rings (SSSR count). The first-order valence-electron chi connectivity index (χ1n) is 20.8. The maximum absolute atomic E-state index is 6.65. The predicted molar refractivity (Wildman–Crippen MR) is 254 cm³/mol. The van der Waals surface area contributed by atoms with Crippen molar-refractivity contribution in [1.29, 1.82) is 0 Å². The van der Waals surface area contributed by atoms with Gasteiger partial charge in [-0.3, -0.25) is 0 Å². The lowest BCUT2D eigenvalue weighted by Crippen LogP contribution is -2.00. The number of hydrogen-bond acceptors (Lipinski definition) is 4. The molecule has 0 radical (unpaired) electrons. The number of aromatic nitrogens is 4. The van der Waals surface area contributed by atoms with Gasteiger partial charge in [-0.1, -0.05) is 164 Å². The Morgan fingerprint density at radius 1 is 0.306 bits per heavy atom. The normalized spacial score (nSPS) is 11.5. The summed E-state index contributed by atoms with van der Waals surface area (Å²) >= 11 is 0. The van der Waals surface area contributed by atoms with Crippen LogP contribution >= 0.6 is 0 Å². The van der Waals surface area contributed by atoms with Crippen molar-refractivity contribution < 1.29 is 4.42 Å². The first-order chi connectivity index (χ1) is 30.7. The van der Waals surface area contributed by atoms with Crippen molar-refractivity contribution >= 4 is 43.7 Å². The Morgan fingerprint density at radius 3 is 1.42 bits per heavy atom. The van der Waals surface area contributed by atoms with E-state index in [0.717, 1.165) is 83.2 Å². The highest BCUT2D eigenvalue weighted by Gasteiger charge is 2.20. The van der Waals surface area contributed by atoms with Crippen molar-refractivity contribution in [2.24, 2.45) is 0 Å². The molecule has 0 N–H and O–H groups in total. The molecule has 0 aliphatic rings. The Balaban J connectivity index is 0.950. The fourth-order valence-corrected chi connectivity index (χ4v) is 8.85. The number of furan rings is 1. The Labute approximate surface area is 357 Å². The summed E-state index contributed by atoms with van der Waals surface area (Å²) in [7, 11) is 0. The van der Waals surface area contributed by atoms with Crippen molar-refractivity contribution in [2.45, 2.75) is 0 Å². The van der Waals surface area contributed by atoms with E-state index in [9.17, 15) is 0 Å². The first-order valence-corrected chi connectivity index (χ1v) is 20.8. The summed E-state index contributed by atoms with van der Waals surface area (Å²) in [6, 6.07) is 76.2. The number of nitrogens with zero attached hydrogens (tertiary/aromatic N) is 4. The quantitative estimate of drug-likeness (QED) is 0.161. The minimum Gasteiger partial charge on any atom is -0.456 e. The third kappa shape index (κ3) is 6.14.